The Kier molecular flexibility index (Phi) is 7.13. The summed E-state index contributed by atoms with van der Waals surface area (Å²) in [6, 6.07) is 9.85. The van der Waals surface area contributed by atoms with Gasteiger partial charge >= 0.3 is 0 Å². The van der Waals surface area contributed by atoms with Gasteiger partial charge in [-0.1, -0.05) is 12.1 Å². The van der Waals surface area contributed by atoms with Gasteiger partial charge in [-0.2, -0.15) is 10.4 Å². The van der Waals surface area contributed by atoms with E-state index >= 15 is 0 Å². The van der Waals surface area contributed by atoms with E-state index in [1.165, 1.54) is 18.2 Å². The van der Waals surface area contributed by atoms with Gasteiger partial charge < -0.3 is 15.5 Å². The summed E-state index contributed by atoms with van der Waals surface area (Å²) in [5, 5.41) is 22.3. The molecule has 1 saturated heterocycles. The third kappa shape index (κ3) is 5.20. The average molecular weight is 462 g/mol. The molecule has 0 unspecified atom stereocenters. The monoisotopic (exact) mass is 461 g/mol. The lowest BCUT2D eigenvalue weighted by Crippen LogP contribution is -2.39. The number of pyridine rings is 1. The molecule has 2 amide bonds. The molecule has 1 aliphatic rings. The van der Waals surface area contributed by atoms with Crippen molar-refractivity contribution in [2.45, 2.75) is 25.3 Å². The third-order valence-electron chi connectivity index (χ3n) is 5.81. The molecule has 10 heteroatoms. The fourth-order valence-electron chi connectivity index (χ4n) is 4.05. The van der Waals surface area contributed by atoms with Crippen LogP contribution in [0.25, 0.3) is 11.3 Å². The molecule has 0 radical (unpaired) electrons. The van der Waals surface area contributed by atoms with E-state index in [0.717, 1.165) is 24.8 Å². The quantitative estimate of drug-likeness (QED) is 0.420. The summed E-state index contributed by atoms with van der Waals surface area (Å²) in [7, 11) is 0. The van der Waals surface area contributed by atoms with E-state index in [9.17, 15) is 19.2 Å². The molecule has 1 aromatic carbocycles. The molecular formula is C24H24FN7O2. The summed E-state index contributed by atoms with van der Waals surface area (Å²) in [5.74, 6) is -0.399. The summed E-state index contributed by atoms with van der Waals surface area (Å²) in [6.07, 6.45) is 6.20. The van der Waals surface area contributed by atoms with Crippen LogP contribution in [0.15, 0.2) is 42.7 Å². The average Bonchev–Trinajstić information content (AvgIpc) is 3.54. The van der Waals surface area contributed by atoms with Crippen molar-refractivity contribution < 1.29 is 14.0 Å². The minimum atomic E-state index is -0.395. The molecule has 4 rings (SSSR count). The number of nitrogens with one attached hydrogen (secondary N) is 3. The van der Waals surface area contributed by atoms with Gasteiger partial charge in [-0.05, 0) is 43.0 Å². The highest BCUT2D eigenvalue weighted by Crippen LogP contribution is 2.26. The Hall–Kier alpha value is -4.26. The van der Waals surface area contributed by atoms with Gasteiger partial charge in [-0.15, -0.1) is 0 Å². The van der Waals surface area contributed by atoms with Crippen LogP contribution in [0.1, 0.15) is 34.3 Å². The second-order valence-corrected chi connectivity index (χ2v) is 8.04. The maximum Gasteiger partial charge on any atom is 0.255 e. The number of halogens is 1. The zero-order valence-corrected chi connectivity index (χ0v) is 18.4. The van der Waals surface area contributed by atoms with Gasteiger partial charge in [-0.25, -0.2) is 9.37 Å². The number of nitriles is 1. The number of H-pyrrole nitrogens is 1. The van der Waals surface area contributed by atoms with Crippen LogP contribution in [-0.4, -0.2) is 58.1 Å². The van der Waals surface area contributed by atoms with Crippen LogP contribution >= 0.6 is 0 Å². The SMILES string of the molecule is N#Cc1cc(C(=O)NC[C@H]2CCCN2C=O)c(NCCc2cccc(F)c2)nc1-c1cn[nH]c1. The Balaban J connectivity index is 1.57. The van der Waals surface area contributed by atoms with Crippen molar-refractivity contribution in [2.24, 2.45) is 0 Å². The minimum Gasteiger partial charge on any atom is -0.369 e. The Morgan fingerprint density at radius 1 is 1.38 bits per heavy atom. The van der Waals surface area contributed by atoms with E-state index in [1.54, 1.807) is 23.4 Å². The molecule has 0 aliphatic carbocycles. The van der Waals surface area contributed by atoms with Crippen molar-refractivity contribution in [3.05, 3.63) is 65.2 Å². The smallest absolute Gasteiger partial charge is 0.255 e. The second kappa shape index (κ2) is 10.6. The van der Waals surface area contributed by atoms with Gasteiger partial charge in [0.1, 0.15) is 17.7 Å². The van der Waals surface area contributed by atoms with Crippen molar-refractivity contribution in [2.75, 3.05) is 25.0 Å². The number of aromatic nitrogens is 3. The summed E-state index contributed by atoms with van der Waals surface area (Å²) in [5.41, 5.74) is 2.27. The zero-order chi connectivity index (χ0) is 23.9. The van der Waals surface area contributed by atoms with Gasteiger partial charge in [0.25, 0.3) is 5.91 Å². The molecular weight excluding hydrogens is 437 g/mol. The Bertz CT molecular complexity index is 1210. The first-order valence-electron chi connectivity index (χ1n) is 11.0. The zero-order valence-electron chi connectivity index (χ0n) is 18.4. The number of rotatable bonds is 9. The van der Waals surface area contributed by atoms with Crippen LogP contribution in [0.3, 0.4) is 0 Å². The molecule has 1 atom stereocenters. The first-order chi connectivity index (χ1) is 16.6. The fourth-order valence-corrected chi connectivity index (χ4v) is 4.05. The van der Waals surface area contributed by atoms with Crippen LogP contribution in [0.5, 0.6) is 0 Å². The Labute approximate surface area is 196 Å². The fraction of sp³-hybridized carbons (Fsp3) is 0.292. The largest absolute Gasteiger partial charge is 0.369 e. The van der Waals surface area contributed by atoms with E-state index in [4.69, 9.17) is 0 Å². The van der Waals surface area contributed by atoms with E-state index in [0.29, 0.717) is 43.1 Å². The molecule has 174 valence electrons. The number of anilines is 1. The number of hydrogen-bond acceptors (Lipinski definition) is 6. The topological polar surface area (TPSA) is 127 Å². The van der Waals surface area contributed by atoms with Crippen molar-refractivity contribution in [1.29, 1.82) is 5.26 Å². The van der Waals surface area contributed by atoms with Gasteiger partial charge in [0.2, 0.25) is 6.41 Å². The molecule has 0 bridgehead atoms. The van der Waals surface area contributed by atoms with Crippen molar-refractivity contribution in [3.8, 4) is 17.3 Å². The highest BCUT2D eigenvalue weighted by atomic mass is 19.1. The highest BCUT2D eigenvalue weighted by Gasteiger charge is 2.25. The number of aromatic amines is 1. The normalized spacial score (nSPS) is 15.1. The molecule has 9 nitrogen and oxygen atoms in total. The van der Waals surface area contributed by atoms with E-state index in [-0.39, 0.29) is 23.0 Å². The number of likely N-dealkylation sites (tertiary alicyclic amines) is 1. The molecule has 3 heterocycles. The number of carbonyl (C=O) groups excluding carboxylic acids is 2. The standard InChI is InChI=1S/C24H24FN7O2/c25-19-4-1-3-16(9-19)6-7-27-23-21(24(34)28-14-20-5-2-8-32(20)15-33)10-17(11-26)22(31-23)18-12-29-30-13-18/h1,3-4,9-10,12-13,15,20H,2,5-8,14H2,(H,27,31)(H,28,34)(H,29,30)/t20-/m1/s1. The third-order valence-corrected chi connectivity index (χ3v) is 5.81. The molecule has 0 saturated carbocycles. The summed E-state index contributed by atoms with van der Waals surface area (Å²) >= 11 is 0. The highest BCUT2D eigenvalue weighted by molar-refractivity contribution is 6.00. The lowest BCUT2D eigenvalue weighted by atomic mass is 10.1. The lowest BCUT2D eigenvalue weighted by molar-refractivity contribution is -0.118. The lowest BCUT2D eigenvalue weighted by Gasteiger charge is -2.21. The molecule has 1 aliphatic heterocycles. The van der Waals surface area contributed by atoms with Crippen molar-refractivity contribution in [3.63, 3.8) is 0 Å². The number of hydrogen-bond donors (Lipinski definition) is 3. The van der Waals surface area contributed by atoms with Crippen LogP contribution in [0, 0.1) is 17.1 Å². The number of nitrogens with zero attached hydrogens (tertiary/aromatic N) is 4. The first kappa shape index (κ1) is 22.9. The molecule has 1 fully saturated rings. The van der Waals surface area contributed by atoms with Gasteiger partial charge in [0.05, 0.1) is 23.0 Å². The second-order valence-electron chi connectivity index (χ2n) is 8.04. The predicted molar refractivity (Wildman–Crippen MR) is 123 cm³/mol. The summed E-state index contributed by atoms with van der Waals surface area (Å²) in [4.78, 5) is 30.5. The van der Waals surface area contributed by atoms with Gasteiger partial charge in [0, 0.05) is 37.4 Å². The van der Waals surface area contributed by atoms with Crippen LogP contribution < -0.4 is 10.6 Å². The van der Waals surface area contributed by atoms with E-state index < -0.39 is 5.91 Å². The minimum absolute atomic E-state index is 0.0561. The Morgan fingerprint density at radius 3 is 3.00 bits per heavy atom. The molecule has 2 aromatic heterocycles. The molecule has 3 N–H and O–H groups in total. The molecule has 0 spiro atoms. The van der Waals surface area contributed by atoms with Crippen LogP contribution in [-0.2, 0) is 11.2 Å². The number of amides is 2. The number of carbonyl (C=O) groups is 2. The number of benzene rings is 1. The van der Waals surface area contributed by atoms with Crippen molar-refractivity contribution in [1.82, 2.24) is 25.4 Å². The van der Waals surface area contributed by atoms with E-state index in [1.807, 2.05) is 6.07 Å². The van der Waals surface area contributed by atoms with Gasteiger partial charge in [-0.3, -0.25) is 14.7 Å². The van der Waals surface area contributed by atoms with E-state index in [2.05, 4.69) is 31.9 Å². The summed E-state index contributed by atoms with van der Waals surface area (Å²) < 4.78 is 13.5. The summed E-state index contributed by atoms with van der Waals surface area (Å²) in [6.45, 7) is 1.39. The van der Waals surface area contributed by atoms with Gasteiger partial charge in [0.15, 0.2) is 0 Å². The first-order valence-corrected chi connectivity index (χ1v) is 11.0. The maximum atomic E-state index is 13.5. The molecule has 3 aromatic rings. The Morgan fingerprint density at radius 2 is 2.26 bits per heavy atom. The maximum absolute atomic E-state index is 13.5. The van der Waals surface area contributed by atoms with Crippen LogP contribution in [0.2, 0.25) is 0 Å². The predicted octanol–water partition coefficient (Wildman–Crippen LogP) is 2.49. The molecule has 34 heavy (non-hydrogen) atoms. The van der Waals surface area contributed by atoms with Crippen LogP contribution in [0.4, 0.5) is 10.2 Å². The van der Waals surface area contributed by atoms with Crippen molar-refractivity contribution >= 4 is 18.1 Å².